The number of benzene rings is 1. The molecule has 78 valence electrons. The Morgan fingerprint density at radius 1 is 1.43 bits per heavy atom. The highest BCUT2D eigenvalue weighted by molar-refractivity contribution is 9.10. The van der Waals surface area contributed by atoms with E-state index in [-0.39, 0.29) is 17.3 Å². The topological polar surface area (TPSA) is 26.0 Å². The molecule has 14 heavy (non-hydrogen) atoms. The molecular formula is C11H15BrFN. The fourth-order valence-electron chi connectivity index (χ4n) is 1.24. The van der Waals surface area contributed by atoms with Crippen LogP contribution in [-0.4, -0.2) is 6.04 Å². The first-order valence-corrected chi connectivity index (χ1v) is 5.36. The molecule has 0 spiro atoms. The second kappa shape index (κ2) is 3.99. The lowest BCUT2D eigenvalue weighted by molar-refractivity contribution is 0.412. The zero-order chi connectivity index (χ0) is 10.9. The van der Waals surface area contributed by atoms with E-state index in [1.165, 1.54) is 6.07 Å². The zero-order valence-electron chi connectivity index (χ0n) is 8.64. The van der Waals surface area contributed by atoms with E-state index in [1.54, 1.807) is 12.1 Å². The van der Waals surface area contributed by atoms with E-state index >= 15 is 0 Å². The second-order valence-corrected chi connectivity index (χ2v) is 5.05. The van der Waals surface area contributed by atoms with E-state index < -0.39 is 0 Å². The largest absolute Gasteiger partial charge is 0.327 e. The number of nitrogens with two attached hydrogens (primary N) is 1. The van der Waals surface area contributed by atoms with Gasteiger partial charge in [0.1, 0.15) is 5.82 Å². The average Bonchev–Trinajstić information content (AvgIpc) is 2.08. The van der Waals surface area contributed by atoms with Gasteiger partial charge in [0, 0.05) is 15.9 Å². The molecule has 1 atom stereocenters. The van der Waals surface area contributed by atoms with Gasteiger partial charge in [0.25, 0.3) is 0 Å². The van der Waals surface area contributed by atoms with Gasteiger partial charge in [0.05, 0.1) is 0 Å². The van der Waals surface area contributed by atoms with Crippen LogP contribution in [0, 0.1) is 5.82 Å². The first-order chi connectivity index (χ1) is 6.35. The summed E-state index contributed by atoms with van der Waals surface area (Å²) in [5, 5.41) is 0. The lowest BCUT2D eigenvalue weighted by Gasteiger charge is -2.30. The van der Waals surface area contributed by atoms with Crippen LogP contribution in [0.3, 0.4) is 0 Å². The average molecular weight is 260 g/mol. The predicted octanol–water partition coefficient (Wildman–Crippen LogP) is 3.21. The van der Waals surface area contributed by atoms with Gasteiger partial charge in [-0.15, -0.1) is 0 Å². The molecule has 1 aromatic carbocycles. The molecule has 0 amide bonds. The summed E-state index contributed by atoms with van der Waals surface area (Å²) < 4.78 is 14.4. The van der Waals surface area contributed by atoms with Crippen LogP contribution in [0.15, 0.2) is 22.7 Å². The van der Waals surface area contributed by atoms with E-state index in [0.717, 1.165) is 4.47 Å². The Labute approximate surface area is 92.6 Å². The van der Waals surface area contributed by atoms with Gasteiger partial charge >= 0.3 is 0 Å². The molecule has 0 fully saturated rings. The molecule has 1 aromatic rings. The van der Waals surface area contributed by atoms with E-state index in [0.29, 0.717) is 5.56 Å². The van der Waals surface area contributed by atoms with Crippen LogP contribution in [0.1, 0.15) is 26.3 Å². The van der Waals surface area contributed by atoms with Crippen molar-refractivity contribution in [3.8, 4) is 0 Å². The van der Waals surface area contributed by atoms with Crippen molar-refractivity contribution < 1.29 is 4.39 Å². The number of hydrogen-bond donors (Lipinski definition) is 1. The molecule has 1 nitrogen and oxygen atoms in total. The van der Waals surface area contributed by atoms with Gasteiger partial charge in [-0.05, 0) is 30.7 Å². The van der Waals surface area contributed by atoms with Gasteiger partial charge in [-0.3, -0.25) is 0 Å². The van der Waals surface area contributed by atoms with Crippen molar-refractivity contribution in [2.75, 3.05) is 0 Å². The first kappa shape index (κ1) is 11.7. The van der Waals surface area contributed by atoms with Crippen LogP contribution in [0.2, 0.25) is 0 Å². The van der Waals surface area contributed by atoms with Crippen molar-refractivity contribution in [2.24, 2.45) is 5.73 Å². The summed E-state index contributed by atoms with van der Waals surface area (Å²) in [4.78, 5) is 0. The lowest BCUT2D eigenvalue weighted by atomic mass is 9.79. The molecule has 0 radical (unpaired) electrons. The minimum Gasteiger partial charge on any atom is -0.327 e. The SMILES string of the molecule is CC(N)C(C)(C)c1cc(Br)ccc1F. The van der Waals surface area contributed by atoms with Crippen LogP contribution in [0.5, 0.6) is 0 Å². The number of halogens is 2. The second-order valence-electron chi connectivity index (χ2n) is 4.13. The van der Waals surface area contributed by atoms with E-state index in [2.05, 4.69) is 15.9 Å². The number of hydrogen-bond acceptors (Lipinski definition) is 1. The molecule has 3 heteroatoms. The fraction of sp³-hybridized carbons (Fsp3) is 0.455. The minimum absolute atomic E-state index is 0.0914. The van der Waals surface area contributed by atoms with E-state index in [1.807, 2.05) is 20.8 Å². The Morgan fingerprint density at radius 3 is 2.50 bits per heavy atom. The third-order valence-electron chi connectivity index (χ3n) is 2.76. The fourth-order valence-corrected chi connectivity index (χ4v) is 1.60. The normalized spacial score (nSPS) is 14.1. The van der Waals surface area contributed by atoms with Gasteiger partial charge in [0.2, 0.25) is 0 Å². The molecule has 0 saturated heterocycles. The Balaban J connectivity index is 3.24. The smallest absolute Gasteiger partial charge is 0.127 e. The monoisotopic (exact) mass is 259 g/mol. The van der Waals surface area contributed by atoms with Crippen molar-refractivity contribution in [3.05, 3.63) is 34.1 Å². The maximum Gasteiger partial charge on any atom is 0.127 e. The van der Waals surface area contributed by atoms with Gasteiger partial charge in [-0.2, -0.15) is 0 Å². The zero-order valence-corrected chi connectivity index (χ0v) is 10.2. The lowest BCUT2D eigenvalue weighted by Crippen LogP contribution is -2.38. The highest BCUT2D eigenvalue weighted by Gasteiger charge is 2.28. The van der Waals surface area contributed by atoms with Gasteiger partial charge in [-0.1, -0.05) is 29.8 Å². The van der Waals surface area contributed by atoms with Crippen molar-refractivity contribution in [3.63, 3.8) is 0 Å². The molecule has 1 unspecified atom stereocenters. The Bertz CT molecular complexity index is 334. The highest BCUT2D eigenvalue weighted by Crippen LogP contribution is 2.30. The van der Waals surface area contributed by atoms with Gasteiger partial charge < -0.3 is 5.73 Å². The molecule has 2 N–H and O–H groups in total. The molecule has 0 aliphatic rings. The van der Waals surface area contributed by atoms with Crippen LogP contribution >= 0.6 is 15.9 Å². The standard InChI is InChI=1S/C11H15BrFN/c1-7(14)11(2,3)9-6-8(12)4-5-10(9)13/h4-7H,14H2,1-3H3. The third-order valence-corrected chi connectivity index (χ3v) is 3.25. The van der Waals surface area contributed by atoms with Crippen molar-refractivity contribution in [1.82, 2.24) is 0 Å². The van der Waals surface area contributed by atoms with Crippen molar-refractivity contribution in [1.29, 1.82) is 0 Å². The summed E-state index contributed by atoms with van der Waals surface area (Å²) in [6.45, 7) is 5.78. The molecule has 0 saturated carbocycles. The minimum atomic E-state index is -0.353. The first-order valence-electron chi connectivity index (χ1n) is 4.57. The molecule has 0 aliphatic heterocycles. The van der Waals surface area contributed by atoms with Gasteiger partial charge in [-0.25, -0.2) is 4.39 Å². The molecule has 0 aliphatic carbocycles. The Morgan fingerprint density at radius 2 is 2.00 bits per heavy atom. The third kappa shape index (κ3) is 2.15. The summed E-state index contributed by atoms with van der Waals surface area (Å²) >= 11 is 3.33. The molecular weight excluding hydrogens is 245 g/mol. The molecule has 0 heterocycles. The number of rotatable bonds is 2. The Hall–Kier alpha value is -0.410. The van der Waals surface area contributed by atoms with Crippen molar-refractivity contribution >= 4 is 15.9 Å². The summed E-state index contributed by atoms with van der Waals surface area (Å²) in [6, 6.07) is 4.85. The van der Waals surface area contributed by atoms with Crippen LogP contribution in [0.25, 0.3) is 0 Å². The quantitative estimate of drug-likeness (QED) is 0.868. The maximum atomic E-state index is 13.5. The summed E-state index contributed by atoms with van der Waals surface area (Å²) in [5.41, 5.74) is 6.14. The van der Waals surface area contributed by atoms with E-state index in [4.69, 9.17) is 5.73 Å². The van der Waals surface area contributed by atoms with Crippen molar-refractivity contribution in [2.45, 2.75) is 32.2 Å². The van der Waals surface area contributed by atoms with E-state index in [9.17, 15) is 4.39 Å². The van der Waals surface area contributed by atoms with Crippen LogP contribution < -0.4 is 5.73 Å². The van der Waals surface area contributed by atoms with Crippen LogP contribution in [0.4, 0.5) is 4.39 Å². The van der Waals surface area contributed by atoms with Gasteiger partial charge in [0.15, 0.2) is 0 Å². The maximum absolute atomic E-state index is 13.5. The Kier molecular flexibility index (Phi) is 3.32. The van der Waals surface area contributed by atoms with Crippen LogP contribution in [-0.2, 0) is 5.41 Å². The summed E-state index contributed by atoms with van der Waals surface area (Å²) in [6.07, 6.45) is 0. The molecule has 0 aromatic heterocycles. The molecule has 1 rings (SSSR count). The summed E-state index contributed by atoms with van der Waals surface area (Å²) in [7, 11) is 0. The molecule has 0 bridgehead atoms. The highest BCUT2D eigenvalue weighted by atomic mass is 79.9. The summed E-state index contributed by atoms with van der Waals surface area (Å²) in [5.74, 6) is -0.199. The predicted molar refractivity (Wildman–Crippen MR) is 60.8 cm³/mol.